The Morgan fingerprint density at radius 2 is 1.79 bits per heavy atom. The van der Waals surface area contributed by atoms with Gasteiger partial charge in [-0.15, -0.1) is 12.4 Å². The van der Waals surface area contributed by atoms with Crippen LogP contribution in [0.4, 0.5) is 20.3 Å². The summed E-state index contributed by atoms with van der Waals surface area (Å²) < 4.78 is 31.5. The van der Waals surface area contributed by atoms with E-state index in [0.717, 1.165) is 12.8 Å². The first kappa shape index (κ1) is 21.3. The molecule has 3 heterocycles. The fourth-order valence-corrected chi connectivity index (χ4v) is 4.17. The minimum absolute atomic E-state index is 0. The molecule has 2 atom stereocenters. The van der Waals surface area contributed by atoms with Crippen LogP contribution in [0.1, 0.15) is 48.5 Å². The second-order valence-corrected chi connectivity index (χ2v) is 7.82. The van der Waals surface area contributed by atoms with Crippen molar-refractivity contribution in [3.63, 3.8) is 0 Å². The van der Waals surface area contributed by atoms with Crippen molar-refractivity contribution in [3.05, 3.63) is 39.2 Å². The minimum Gasteiger partial charge on any atom is -0.477 e. The van der Waals surface area contributed by atoms with Crippen LogP contribution in [0.5, 0.6) is 0 Å². The van der Waals surface area contributed by atoms with Gasteiger partial charge in [0.15, 0.2) is 11.6 Å². The van der Waals surface area contributed by atoms with Gasteiger partial charge in [0.2, 0.25) is 0 Å². The molecule has 1 aliphatic heterocycles. The molecular weight excluding hydrogens is 406 g/mol. The zero-order chi connectivity index (χ0) is 20.3. The van der Waals surface area contributed by atoms with Gasteiger partial charge >= 0.3 is 5.97 Å². The highest BCUT2D eigenvalue weighted by Gasteiger charge is 2.34. The summed E-state index contributed by atoms with van der Waals surface area (Å²) in [6.45, 7) is 4.60. The first-order valence-corrected chi connectivity index (χ1v) is 9.31. The van der Waals surface area contributed by atoms with E-state index < -0.39 is 34.5 Å². The van der Waals surface area contributed by atoms with E-state index in [1.807, 2.05) is 13.8 Å². The van der Waals surface area contributed by atoms with Crippen molar-refractivity contribution in [3.8, 4) is 0 Å². The van der Waals surface area contributed by atoms with Crippen molar-refractivity contribution in [2.45, 2.75) is 44.7 Å². The van der Waals surface area contributed by atoms with Gasteiger partial charge in [0.25, 0.3) is 5.56 Å². The number of hydrogen-bond donors (Lipinski definition) is 3. The maximum Gasteiger partial charge on any atom is 0.341 e. The molecular formula is C19H23ClF2N4O3. The minimum atomic E-state index is -1.45. The van der Waals surface area contributed by atoms with Crippen LogP contribution >= 0.6 is 12.4 Å². The smallest absolute Gasteiger partial charge is 0.341 e. The van der Waals surface area contributed by atoms with Crippen molar-refractivity contribution in [2.24, 2.45) is 0 Å². The molecule has 4 N–H and O–H groups in total. The van der Waals surface area contributed by atoms with Crippen molar-refractivity contribution in [1.82, 2.24) is 9.72 Å². The maximum absolute atomic E-state index is 15.6. The van der Waals surface area contributed by atoms with Gasteiger partial charge in [-0.05, 0) is 44.2 Å². The van der Waals surface area contributed by atoms with E-state index in [-0.39, 0.29) is 41.6 Å². The number of halogens is 3. The van der Waals surface area contributed by atoms with Crippen molar-refractivity contribution in [1.29, 1.82) is 0 Å². The molecule has 158 valence electrons. The van der Waals surface area contributed by atoms with Crippen LogP contribution in [0.3, 0.4) is 0 Å². The molecule has 1 saturated carbocycles. The lowest BCUT2D eigenvalue weighted by Crippen LogP contribution is -2.54. The zero-order valence-corrected chi connectivity index (χ0v) is 16.9. The number of carbonyl (C=O) groups is 1. The van der Waals surface area contributed by atoms with Gasteiger partial charge in [-0.3, -0.25) is 9.20 Å². The topological polar surface area (TPSA) is 100 Å². The predicted molar refractivity (Wildman–Crippen MR) is 108 cm³/mol. The molecule has 1 saturated heterocycles. The third-order valence-electron chi connectivity index (χ3n) is 5.44. The molecule has 0 bridgehead atoms. The van der Waals surface area contributed by atoms with Crippen LogP contribution < -0.4 is 21.5 Å². The van der Waals surface area contributed by atoms with Gasteiger partial charge in [0, 0.05) is 25.2 Å². The number of nitrogens with two attached hydrogens (primary N) is 1. The van der Waals surface area contributed by atoms with E-state index in [2.05, 4.69) is 5.32 Å². The molecule has 0 radical (unpaired) electrons. The largest absolute Gasteiger partial charge is 0.477 e. The normalized spacial score (nSPS) is 21.9. The first-order chi connectivity index (χ1) is 13.2. The highest BCUT2D eigenvalue weighted by atomic mass is 35.5. The Morgan fingerprint density at radius 3 is 2.31 bits per heavy atom. The van der Waals surface area contributed by atoms with Gasteiger partial charge in [0.1, 0.15) is 17.1 Å². The van der Waals surface area contributed by atoms with Crippen molar-refractivity contribution in [2.75, 3.05) is 23.7 Å². The Bertz CT molecular complexity index is 1040. The molecule has 10 heteroatoms. The lowest BCUT2D eigenvalue weighted by Gasteiger charge is -2.38. The highest BCUT2D eigenvalue weighted by Crippen LogP contribution is 2.44. The number of nitrogens with zero attached hydrogens (tertiary/aromatic N) is 2. The van der Waals surface area contributed by atoms with Gasteiger partial charge in [-0.2, -0.15) is 0 Å². The third kappa shape index (κ3) is 3.42. The molecule has 29 heavy (non-hydrogen) atoms. The number of piperazine rings is 1. The summed E-state index contributed by atoms with van der Waals surface area (Å²) in [6.07, 6.45) is 1.50. The van der Waals surface area contributed by atoms with Crippen molar-refractivity contribution < 1.29 is 18.7 Å². The molecule has 0 spiro atoms. The van der Waals surface area contributed by atoms with Gasteiger partial charge < -0.3 is 21.1 Å². The molecule has 1 aliphatic carbocycles. The van der Waals surface area contributed by atoms with Crippen LogP contribution in [0, 0.1) is 11.6 Å². The van der Waals surface area contributed by atoms with Gasteiger partial charge in [-0.25, -0.2) is 13.6 Å². The summed E-state index contributed by atoms with van der Waals surface area (Å²) >= 11 is 0. The second kappa shape index (κ2) is 7.46. The fraction of sp³-hybridized carbons (Fsp3) is 0.474. The van der Waals surface area contributed by atoms with E-state index in [1.54, 1.807) is 4.90 Å². The zero-order valence-electron chi connectivity index (χ0n) is 16.0. The number of aromatic carboxylic acids is 1. The molecule has 2 fully saturated rings. The van der Waals surface area contributed by atoms with E-state index in [0.29, 0.717) is 23.1 Å². The number of anilines is 2. The number of rotatable bonds is 3. The third-order valence-corrected chi connectivity index (χ3v) is 5.44. The average molecular weight is 429 g/mol. The van der Waals surface area contributed by atoms with Gasteiger partial charge in [0.05, 0.1) is 5.52 Å². The van der Waals surface area contributed by atoms with E-state index in [4.69, 9.17) is 5.73 Å². The number of carboxylic acid groups (broad SMARTS) is 1. The highest BCUT2D eigenvalue weighted by molar-refractivity contribution is 5.89. The van der Waals surface area contributed by atoms with Crippen LogP contribution in [0.15, 0.2) is 10.9 Å². The second-order valence-electron chi connectivity index (χ2n) is 7.82. The Labute approximate surface area is 171 Å². The average Bonchev–Trinajstić information content (AvgIpc) is 3.43. The number of nitrogens with one attached hydrogen (secondary N) is 1. The monoisotopic (exact) mass is 428 g/mol. The summed E-state index contributed by atoms with van der Waals surface area (Å²) in [4.78, 5) is 25.7. The SMILES string of the molecule is C[C@@H]1CN(c2c(F)c(N)n3c(=O)c(C(=O)O)cc(C4CC4)c3c2F)C[C@H](C)N1.Cl. The molecule has 4 rings (SSSR count). The number of nitrogen functional groups attached to an aromatic ring is 1. The van der Waals surface area contributed by atoms with Crippen molar-refractivity contribution >= 4 is 35.4 Å². The Balaban J connectivity index is 0.00000240. The van der Waals surface area contributed by atoms with Crippen LogP contribution in [-0.4, -0.2) is 40.6 Å². The summed E-state index contributed by atoms with van der Waals surface area (Å²) in [6, 6.07) is 1.24. The Kier molecular flexibility index (Phi) is 5.48. The summed E-state index contributed by atoms with van der Waals surface area (Å²) in [7, 11) is 0. The number of hydrogen-bond acceptors (Lipinski definition) is 5. The summed E-state index contributed by atoms with van der Waals surface area (Å²) in [5.74, 6) is -4.00. The van der Waals surface area contributed by atoms with E-state index in [9.17, 15) is 14.7 Å². The quantitative estimate of drug-likeness (QED) is 0.694. The molecule has 0 aromatic carbocycles. The molecule has 0 amide bonds. The molecule has 2 aliphatic rings. The summed E-state index contributed by atoms with van der Waals surface area (Å²) in [5.41, 5.74) is 4.34. The van der Waals surface area contributed by atoms with E-state index in [1.165, 1.54) is 6.07 Å². The predicted octanol–water partition coefficient (Wildman–Crippen LogP) is 2.34. The van der Waals surface area contributed by atoms with Gasteiger partial charge in [-0.1, -0.05) is 0 Å². The number of aromatic nitrogens is 1. The number of pyridine rings is 2. The number of fused-ring (bicyclic) bond motifs is 1. The van der Waals surface area contributed by atoms with Crippen LogP contribution in [-0.2, 0) is 0 Å². The molecule has 2 aromatic heterocycles. The first-order valence-electron chi connectivity index (χ1n) is 9.31. The van der Waals surface area contributed by atoms with Crippen LogP contribution in [0.25, 0.3) is 5.52 Å². The fourth-order valence-electron chi connectivity index (χ4n) is 4.17. The molecule has 2 aromatic rings. The summed E-state index contributed by atoms with van der Waals surface area (Å²) in [5, 5.41) is 12.6. The Morgan fingerprint density at radius 1 is 1.21 bits per heavy atom. The lowest BCUT2D eigenvalue weighted by atomic mass is 10.0. The standard InChI is InChI=1S/C19H22F2N4O3.ClH/c1-8-6-24(7-9(2)23-8)16-13(20)15-11(10-3-4-10)5-12(19(27)28)18(26)25(15)17(22)14(16)21;/h5,8-10,23H,3-4,6-7,22H2,1-2H3,(H,27,28);1H/t8-,9+;. The molecule has 0 unspecified atom stereocenters. The number of carboxylic acids is 1. The Hall–Kier alpha value is -2.39. The van der Waals surface area contributed by atoms with E-state index >= 15 is 8.78 Å². The van der Waals surface area contributed by atoms with Crippen LogP contribution in [0.2, 0.25) is 0 Å². The molecule has 7 nitrogen and oxygen atoms in total. The lowest BCUT2D eigenvalue weighted by molar-refractivity contribution is 0.0694. The maximum atomic E-state index is 15.6.